The van der Waals surface area contributed by atoms with Crippen molar-refractivity contribution in [1.82, 2.24) is 0 Å². The SMILES string of the molecule is O=C(CC1CCOCC1)C1C2C3CCC(C3)C12. The lowest BCUT2D eigenvalue weighted by molar-refractivity contribution is -0.122. The van der Waals surface area contributed by atoms with Crippen molar-refractivity contribution in [3.05, 3.63) is 0 Å². The van der Waals surface area contributed by atoms with Crippen molar-refractivity contribution in [3.63, 3.8) is 0 Å². The molecule has 0 aromatic carbocycles. The van der Waals surface area contributed by atoms with Gasteiger partial charge in [-0.3, -0.25) is 4.79 Å². The number of rotatable bonds is 3. The van der Waals surface area contributed by atoms with Crippen LogP contribution in [0.3, 0.4) is 0 Å². The van der Waals surface area contributed by atoms with Crippen LogP contribution >= 0.6 is 0 Å². The molecular formula is C15H22O2. The van der Waals surface area contributed by atoms with Gasteiger partial charge in [-0.25, -0.2) is 0 Å². The molecule has 0 aromatic rings. The van der Waals surface area contributed by atoms with Crippen LogP contribution < -0.4 is 0 Å². The summed E-state index contributed by atoms with van der Waals surface area (Å²) >= 11 is 0. The lowest BCUT2D eigenvalue weighted by atomic mass is 9.90. The topological polar surface area (TPSA) is 26.3 Å². The molecule has 1 heterocycles. The molecule has 0 radical (unpaired) electrons. The van der Waals surface area contributed by atoms with Gasteiger partial charge in [0.1, 0.15) is 5.78 Å². The first kappa shape index (κ1) is 10.5. The third kappa shape index (κ3) is 1.60. The molecule has 1 aliphatic heterocycles. The Balaban J connectivity index is 1.36. The second-order valence-corrected chi connectivity index (χ2v) is 6.74. The van der Waals surface area contributed by atoms with E-state index in [2.05, 4.69) is 0 Å². The molecule has 4 fully saturated rings. The predicted molar refractivity (Wildman–Crippen MR) is 64.5 cm³/mol. The maximum Gasteiger partial charge on any atom is 0.136 e. The second-order valence-electron chi connectivity index (χ2n) is 6.74. The molecule has 4 aliphatic rings. The highest BCUT2D eigenvalue weighted by Crippen LogP contribution is 2.69. The number of ether oxygens (including phenoxy) is 1. The van der Waals surface area contributed by atoms with Gasteiger partial charge in [0.25, 0.3) is 0 Å². The second kappa shape index (κ2) is 3.81. The fourth-order valence-corrected chi connectivity index (χ4v) is 5.13. The minimum Gasteiger partial charge on any atom is -0.381 e. The van der Waals surface area contributed by atoms with Crippen LogP contribution in [0, 0.1) is 35.5 Å². The van der Waals surface area contributed by atoms with Gasteiger partial charge in [-0.05, 0) is 61.7 Å². The third-order valence-electron chi connectivity index (χ3n) is 5.94. The van der Waals surface area contributed by atoms with E-state index in [4.69, 9.17) is 4.74 Å². The van der Waals surface area contributed by atoms with Gasteiger partial charge in [-0.15, -0.1) is 0 Å². The molecular weight excluding hydrogens is 212 g/mol. The summed E-state index contributed by atoms with van der Waals surface area (Å²) in [4.78, 5) is 12.4. The van der Waals surface area contributed by atoms with Gasteiger partial charge >= 0.3 is 0 Å². The number of hydrogen-bond donors (Lipinski definition) is 0. The molecule has 3 aliphatic carbocycles. The number of carbonyl (C=O) groups is 1. The largest absolute Gasteiger partial charge is 0.381 e. The Hall–Kier alpha value is -0.370. The van der Waals surface area contributed by atoms with Gasteiger partial charge in [-0.1, -0.05) is 0 Å². The smallest absolute Gasteiger partial charge is 0.136 e. The monoisotopic (exact) mass is 234 g/mol. The average molecular weight is 234 g/mol. The standard InChI is InChI=1S/C15H22O2/c16-12(7-9-3-5-17-6-4-9)15-13-10-1-2-11(8-10)14(13)15/h9-11,13-15H,1-8H2. The first-order valence-corrected chi connectivity index (χ1v) is 7.45. The van der Waals surface area contributed by atoms with Crippen LogP contribution in [0.2, 0.25) is 0 Å². The molecule has 0 spiro atoms. The Kier molecular flexibility index (Phi) is 2.36. The Bertz CT molecular complexity index is 316. The number of hydrogen-bond acceptors (Lipinski definition) is 2. The first-order chi connectivity index (χ1) is 8.34. The predicted octanol–water partition coefficient (Wildman–Crippen LogP) is 2.66. The zero-order valence-electron chi connectivity index (χ0n) is 10.4. The van der Waals surface area contributed by atoms with Crippen LogP contribution in [0.15, 0.2) is 0 Å². The van der Waals surface area contributed by atoms with Gasteiger partial charge in [0, 0.05) is 25.6 Å². The normalized spacial score (nSPS) is 48.1. The Morgan fingerprint density at radius 1 is 1.00 bits per heavy atom. The summed E-state index contributed by atoms with van der Waals surface area (Å²) < 4.78 is 5.36. The van der Waals surface area contributed by atoms with E-state index in [1.165, 1.54) is 19.3 Å². The van der Waals surface area contributed by atoms with E-state index >= 15 is 0 Å². The molecule has 0 amide bonds. The zero-order valence-corrected chi connectivity index (χ0v) is 10.4. The van der Waals surface area contributed by atoms with Crippen molar-refractivity contribution < 1.29 is 9.53 Å². The zero-order chi connectivity index (χ0) is 11.4. The van der Waals surface area contributed by atoms with Gasteiger partial charge in [0.2, 0.25) is 0 Å². The number of carbonyl (C=O) groups excluding carboxylic acids is 1. The fourth-order valence-electron chi connectivity index (χ4n) is 5.13. The van der Waals surface area contributed by atoms with Crippen LogP contribution in [0.4, 0.5) is 0 Å². The van der Waals surface area contributed by atoms with Crippen LogP contribution in [0.1, 0.15) is 38.5 Å². The molecule has 1 saturated heterocycles. The third-order valence-corrected chi connectivity index (χ3v) is 5.94. The lowest BCUT2D eigenvalue weighted by Crippen LogP contribution is -2.20. The highest BCUT2D eigenvalue weighted by atomic mass is 16.5. The number of ketones is 1. The van der Waals surface area contributed by atoms with E-state index in [-0.39, 0.29) is 0 Å². The maximum atomic E-state index is 12.4. The Morgan fingerprint density at radius 3 is 2.29 bits per heavy atom. The van der Waals surface area contributed by atoms with Crippen molar-refractivity contribution in [2.45, 2.75) is 38.5 Å². The van der Waals surface area contributed by atoms with Crippen LogP contribution in [0.5, 0.6) is 0 Å². The number of Topliss-reactive ketones (excluding diaryl/α,β-unsaturated/α-hetero) is 1. The highest BCUT2D eigenvalue weighted by Gasteiger charge is 2.66. The molecule has 0 N–H and O–H groups in total. The number of fused-ring (bicyclic) bond motifs is 5. The molecule has 0 aromatic heterocycles. The van der Waals surface area contributed by atoms with E-state index in [1.807, 2.05) is 0 Å². The molecule has 4 unspecified atom stereocenters. The van der Waals surface area contributed by atoms with Crippen LogP contribution in [0.25, 0.3) is 0 Å². The highest BCUT2D eigenvalue weighted by molar-refractivity contribution is 5.85. The van der Waals surface area contributed by atoms with Crippen LogP contribution in [-0.2, 0) is 9.53 Å². The van der Waals surface area contributed by atoms with Gasteiger partial charge in [-0.2, -0.15) is 0 Å². The van der Waals surface area contributed by atoms with Crippen molar-refractivity contribution in [2.24, 2.45) is 35.5 Å². The molecule has 4 atom stereocenters. The summed E-state index contributed by atoms with van der Waals surface area (Å²) in [7, 11) is 0. The molecule has 94 valence electrons. The van der Waals surface area contributed by atoms with Gasteiger partial charge in [0.05, 0.1) is 0 Å². The van der Waals surface area contributed by atoms with Crippen molar-refractivity contribution >= 4 is 5.78 Å². The van der Waals surface area contributed by atoms with E-state index in [0.717, 1.165) is 56.1 Å². The summed E-state index contributed by atoms with van der Waals surface area (Å²) in [5.41, 5.74) is 0. The van der Waals surface area contributed by atoms with E-state index in [9.17, 15) is 4.79 Å². The molecule has 3 saturated carbocycles. The van der Waals surface area contributed by atoms with E-state index in [1.54, 1.807) is 0 Å². The molecule has 2 nitrogen and oxygen atoms in total. The van der Waals surface area contributed by atoms with E-state index < -0.39 is 0 Å². The summed E-state index contributed by atoms with van der Waals surface area (Å²) in [6, 6.07) is 0. The van der Waals surface area contributed by atoms with Crippen LogP contribution in [-0.4, -0.2) is 19.0 Å². The molecule has 2 heteroatoms. The molecule has 2 bridgehead atoms. The Labute approximate surface area is 103 Å². The summed E-state index contributed by atoms with van der Waals surface area (Å²) in [6.07, 6.45) is 7.39. The van der Waals surface area contributed by atoms with Gasteiger partial charge < -0.3 is 4.74 Å². The Morgan fingerprint density at radius 2 is 1.65 bits per heavy atom. The first-order valence-electron chi connectivity index (χ1n) is 7.45. The van der Waals surface area contributed by atoms with Crippen molar-refractivity contribution in [2.75, 3.05) is 13.2 Å². The average Bonchev–Trinajstić information content (AvgIpc) is 2.80. The summed E-state index contributed by atoms with van der Waals surface area (Å²) in [6.45, 7) is 1.75. The molecule has 4 rings (SSSR count). The quantitative estimate of drug-likeness (QED) is 0.750. The minimum absolute atomic E-state index is 0.504. The van der Waals surface area contributed by atoms with Gasteiger partial charge in [0.15, 0.2) is 0 Å². The summed E-state index contributed by atoms with van der Waals surface area (Å²) in [5.74, 6) is 5.30. The van der Waals surface area contributed by atoms with E-state index in [0.29, 0.717) is 17.6 Å². The lowest BCUT2D eigenvalue weighted by Gasteiger charge is -2.21. The fraction of sp³-hybridized carbons (Fsp3) is 0.933. The van der Waals surface area contributed by atoms with Crippen molar-refractivity contribution in [3.8, 4) is 0 Å². The van der Waals surface area contributed by atoms with Crippen molar-refractivity contribution in [1.29, 1.82) is 0 Å². The maximum absolute atomic E-state index is 12.4. The summed E-state index contributed by atoms with van der Waals surface area (Å²) in [5, 5.41) is 0. The molecule has 17 heavy (non-hydrogen) atoms. The minimum atomic E-state index is 0.504.